The van der Waals surface area contributed by atoms with Crippen molar-refractivity contribution in [3.63, 3.8) is 0 Å². The van der Waals surface area contributed by atoms with E-state index in [1.807, 2.05) is 70.7 Å². The molecule has 0 fully saturated rings. The zero-order valence-corrected chi connectivity index (χ0v) is 17.9. The van der Waals surface area contributed by atoms with Crippen LogP contribution in [0.5, 0.6) is 0 Å². The molecule has 7 nitrogen and oxygen atoms in total. The van der Waals surface area contributed by atoms with Crippen molar-refractivity contribution in [1.29, 1.82) is 0 Å². The van der Waals surface area contributed by atoms with Gasteiger partial charge in [-0.15, -0.1) is 0 Å². The Balaban J connectivity index is 1.81. The molecule has 2 N–H and O–H groups in total. The van der Waals surface area contributed by atoms with Gasteiger partial charge in [0.15, 0.2) is 0 Å². The minimum absolute atomic E-state index is 0.377. The van der Waals surface area contributed by atoms with E-state index in [0.717, 1.165) is 39.7 Å². The Morgan fingerprint density at radius 2 is 1.84 bits per heavy atom. The first-order valence-electron chi connectivity index (χ1n) is 10.1. The number of benzene rings is 1. The number of fused-ring (bicyclic) bond motifs is 2. The third-order valence-electron chi connectivity index (χ3n) is 5.75. The molecule has 5 rings (SSSR count). The molecule has 0 bridgehead atoms. The second-order valence-corrected chi connectivity index (χ2v) is 8.30. The molecular weight excluding hydrogens is 390 g/mol. The summed E-state index contributed by atoms with van der Waals surface area (Å²) in [6.07, 6.45) is 3.71. The summed E-state index contributed by atoms with van der Waals surface area (Å²) in [6.45, 7) is 4.65. The van der Waals surface area contributed by atoms with Crippen LogP contribution in [-0.2, 0) is 16.1 Å². The Labute approximate surface area is 179 Å². The number of aromatic amines is 1. The second-order valence-electron chi connectivity index (χ2n) is 8.30. The number of pyridine rings is 1. The highest BCUT2D eigenvalue weighted by Gasteiger charge is 2.36. The van der Waals surface area contributed by atoms with E-state index in [1.54, 1.807) is 4.52 Å². The molecule has 0 saturated carbocycles. The van der Waals surface area contributed by atoms with Crippen molar-refractivity contribution in [2.75, 3.05) is 14.1 Å². The first kappa shape index (κ1) is 19.3. The van der Waals surface area contributed by atoms with Gasteiger partial charge >= 0.3 is 0 Å². The van der Waals surface area contributed by atoms with Crippen LogP contribution in [0.1, 0.15) is 27.9 Å². The maximum atomic E-state index is 13.0. The van der Waals surface area contributed by atoms with Gasteiger partial charge < -0.3 is 9.88 Å². The number of aryl methyl sites for hydroxylation is 2. The van der Waals surface area contributed by atoms with Crippen molar-refractivity contribution in [3.8, 4) is 0 Å². The molecule has 0 spiro atoms. The molecule has 1 aliphatic rings. The molecule has 0 unspecified atom stereocenters. The number of carbonyl (C=O) groups excluding carboxylic acids is 2. The molecule has 0 aliphatic carbocycles. The number of hydrogen-bond acceptors (Lipinski definition) is 4. The number of imide groups is 1. The summed E-state index contributed by atoms with van der Waals surface area (Å²) in [5.74, 6) is -0.774. The smallest absolute Gasteiger partial charge is 0.259 e. The molecule has 4 heterocycles. The standard InChI is InChI=1S/C24H23N5O2/c1-13-6-5-7-16-17(11-25-22(13)16)20-21(24(31)26-23(20)30)19-14(2)27-29-9-8-15(10-18(19)29)12-28(3)4/h5-11,25H,12H2,1-4H3,(H,26,30,31). The first-order chi connectivity index (χ1) is 14.8. The van der Waals surface area contributed by atoms with Gasteiger partial charge in [-0.05, 0) is 51.2 Å². The highest BCUT2D eigenvalue weighted by molar-refractivity contribution is 6.50. The third kappa shape index (κ3) is 2.97. The van der Waals surface area contributed by atoms with Crippen LogP contribution in [0.2, 0.25) is 0 Å². The highest BCUT2D eigenvalue weighted by Crippen LogP contribution is 2.38. The lowest BCUT2D eigenvalue weighted by Gasteiger charge is -2.10. The summed E-state index contributed by atoms with van der Waals surface area (Å²) >= 11 is 0. The third-order valence-corrected chi connectivity index (χ3v) is 5.75. The monoisotopic (exact) mass is 413 g/mol. The van der Waals surface area contributed by atoms with Crippen molar-refractivity contribution in [1.82, 2.24) is 24.8 Å². The lowest BCUT2D eigenvalue weighted by atomic mass is 9.94. The summed E-state index contributed by atoms with van der Waals surface area (Å²) in [4.78, 5) is 31.3. The highest BCUT2D eigenvalue weighted by atomic mass is 16.2. The van der Waals surface area contributed by atoms with Crippen molar-refractivity contribution >= 4 is 39.4 Å². The molecule has 4 aromatic rings. The molecule has 1 aromatic carbocycles. The lowest BCUT2D eigenvalue weighted by Crippen LogP contribution is -2.22. The van der Waals surface area contributed by atoms with Crippen LogP contribution >= 0.6 is 0 Å². The summed E-state index contributed by atoms with van der Waals surface area (Å²) in [6, 6.07) is 9.99. The average Bonchev–Trinajstić information content (AvgIpc) is 3.34. The number of aromatic nitrogens is 3. The number of nitrogens with zero attached hydrogens (tertiary/aromatic N) is 3. The van der Waals surface area contributed by atoms with Gasteiger partial charge in [0.05, 0.1) is 22.4 Å². The number of amides is 2. The predicted molar refractivity (Wildman–Crippen MR) is 120 cm³/mol. The molecule has 0 atom stereocenters. The van der Waals surface area contributed by atoms with Crippen LogP contribution in [0.4, 0.5) is 0 Å². The van der Waals surface area contributed by atoms with Gasteiger partial charge in [-0.25, -0.2) is 4.52 Å². The Morgan fingerprint density at radius 3 is 2.61 bits per heavy atom. The van der Waals surface area contributed by atoms with E-state index in [9.17, 15) is 9.59 Å². The quantitative estimate of drug-likeness (QED) is 0.504. The molecule has 7 heteroatoms. The van der Waals surface area contributed by atoms with Crippen LogP contribution in [0.3, 0.4) is 0 Å². The Morgan fingerprint density at radius 1 is 1.06 bits per heavy atom. The zero-order valence-electron chi connectivity index (χ0n) is 17.9. The number of carbonyl (C=O) groups is 2. The molecule has 0 saturated heterocycles. The number of H-pyrrole nitrogens is 1. The van der Waals surface area contributed by atoms with Crippen molar-refractivity contribution in [2.24, 2.45) is 0 Å². The Hall–Kier alpha value is -3.71. The number of nitrogens with one attached hydrogen (secondary N) is 2. The normalized spacial score (nSPS) is 14.5. The van der Waals surface area contributed by atoms with Gasteiger partial charge in [-0.1, -0.05) is 18.2 Å². The molecule has 156 valence electrons. The van der Waals surface area contributed by atoms with Gasteiger partial charge in [0, 0.05) is 41.0 Å². The van der Waals surface area contributed by atoms with E-state index in [2.05, 4.69) is 20.3 Å². The molecule has 31 heavy (non-hydrogen) atoms. The molecule has 0 radical (unpaired) electrons. The van der Waals surface area contributed by atoms with Crippen LogP contribution in [-0.4, -0.2) is 45.4 Å². The van der Waals surface area contributed by atoms with Gasteiger partial charge in [0.2, 0.25) is 0 Å². The fourth-order valence-electron chi connectivity index (χ4n) is 4.44. The van der Waals surface area contributed by atoms with Crippen LogP contribution in [0, 0.1) is 13.8 Å². The zero-order chi connectivity index (χ0) is 21.9. The van der Waals surface area contributed by atoms with Crippen molar-refractivity contribution in [3.05, 3.63) is 70.7 Å². The fourth-order valence-corrected chi connectivity index (χ4v) is 4.44. The van der Waals surface area contributed by atoms with Crippen LogP contribution in [0.25, 0.3) is 27.6 Å². The van der Waals surface area contributed by atoms with E-state index in [0.29, 0.717) is 22.4 Å². The molecule has 1 aliphatic heterocycles. The number of hydrogen-bond donors (Lipinski definition) is 2. The Kier molecular flexibility index (Phi) is 4.30. The van der Waals surface area contributed by atoms with E-state index in [1.165, 1.54) is 0 Å². The second kappa shape index (κ2) is 6.92. The lowest BCUT2D eigenvalue weighted by molar-refractivity contribution is -0.122. The van der Waals surface area contributed by atoms with Crippen LogP contribution in [0.15, 0.2) is 42.7 Å². The van der Waals surface area contributed by atoms with Crippen molar-refractivity contribution in [2.45, 2.75) is 20.4 Å². The number of rotatable bonds is 4. The summed E-state index contributed by atoms with van der Waals surface area (Å²) < 4.78 is 1.77. The summed E-state index contributed by atoms with van der Waals surface area (Å²) in [5.41, 5.74) is 6.84. The van der Waals surface area contributed by atoms with Crippen LogP contribution < -0.4 is 5.32 Å². The van der Waals surface area contributed by atoms with Gasteiger partial charge in [0.25, 0.3) is 11.8 Å². The molecule has 2 amide bonds. The Bertz CT molecular complexity index is 1420. The summed E-state index contributed by atoms with van der Waals surface area (Å²) in [7, 11) is 4.02. The SMILES string of the molecule is Cc1nn2ccc(CN(C)C)cc2c1C1=C(c2c[nH]c3c(C)cccc23)C(=O)NC1=O. The molecule has 3 aromatic heterocycles. The largest absolute Gasteiger partial charge is 0.360 e. The van der Waals surface area contributed by atoms with E-state index in [-0.39, 0.29) is 5.91 Å². The maximum Gasteiger partial charge on any atom is 0.259 e. The summed E-state index contributed by atoms with van der Waals surface area (Å²) in [5, 5.41) is 8.02. The average molecular weight is 413 g/mol. The first-order valence-corrected chi connectivity index (χ1v) is 10.1. The van der Waals surface area contributed by atoms with E-state index < -0.39 is 5.91 Å². The minimum Gasteiger partial charge on any atom is -0.360 e. The van der Waals surface area contributed by atoms with Gasteiger partial charge in [-0.3, -0.25) is 14.9 Å². The molecular formula is C24H23N5O2. The fraction of sp³-hybridized carbons (Fsp3) is 0.208. The van der Waals surface area contributed by atoms with Crippen molar-refractivity contribution < 1.29 is 9.59 Å². The van der Waals surface area contributed by atoms with Gasteiger partial charge in [-0.2, -0.15) is 5.10 Å². The van der Waals surface area contributed by atoms with E-state index >= 15 is 0 Å². The maximum absolute atomic E-state index is 13.0. The van der Waals surface area contributed by atoms with Gasteiger partial charge in [0.1, 0.15) is 0 Å². The topological polar surface area (TPSA) is 82.5 Å². The number of para-hydroxylation sites is 1. The minimum atomic E-state index is -0.391. The predicted octanol–water partition coefficient (Wildman–Crippen LogP) is 3.06. The van der Waals surface area contributed by atoms with E-state index in [4.69, 9.17) is 0 Å².